The minimum absolute atomic E-state index is 0.497. The van der Waals surface area contributed by atoms with E-state index in [1.807, 2.05) is 18.2 Å². The summed E-state index contributed by atoms with van der Waals surface area (Å²) in [6, 6.07) is 11.0. The van der Waals surface area contributed by atoms with Gasteiger partial charge in [0, 0.05) is 20.2 Å². The van der Waals surface area contributed by atoms with Crippen LogP contribution >= 0.6 is 43.5 Å². The molecule has 3 aromatic rings. The van der Waals surface area contributed by atoms with Crippen molar-refractivity contribution in [2.24, 2.45) is 0 Å². The van der Waals surface area contributed by atoms with Crippen LogP contribution in [0.3, 0.4) is 0 Å². The molecular formula is C13H8Br2ClN5. The predicted octanol–water partition coefficient (Wildman–Crippen LogP) is 4.09. The molecule has 106 valence electrons. The van der Waals surface area contributed by atoms with Crippen LogP contribution in [0.25, 0.3) is 17.1 Å². The van der Waals surface area contributed by atoms with Gasteiger partial charge in [-0.2, -0.15) is 4.68 Å². The fourth-order valence-corrected chi connectivity index (χ4v) is 2.92. The maximum absolute atomic E-state index is 6.24. The van der Waals surface area contributed by atoms with Crippen LogP contribution in [0, 0.1) is 0 Å². The lowest BCUT2D eigenvalue weighted by molar-refractivity contribution is 0.788. The second kappa shape index (κ2) is 5.75. The standard InChI is InChI=1S/C13H8Br2ClN5/c14-7-1-4-10(15)12(5-7)21-13(18-19-20-21)9-3-2-8(17)6-11(9)16/h1-6H,17H2. The lowest BCUT2D eigenvalue weighted by Gasteiger charge is -2.09. The molecule has 0 atom stereocenters. The Morgan fingerprint density at radius 1 is 1.10 bits per heavy atom. The number of rotatable bonds is 2. The van der Waals surface area contributed by atoms with E-state index in [9.17, 15) is 0 Å². The Balaban J connectivity index is 2.19. The van der Waals surface area contributed by atoms with Crippen LogP contribution < -0.4 is 5.73 Å². The summed E-state index contributed by atoms with van der Waals surface area (Å²) in [6.45, 7) is 0. The highest BCUT2D eigenvalue weighted by Crippen LogP contribution is 2.31. The van der Waals surface area contributed by atoms with Crippen molar-refractivity contribution in [3.63, 3.8) is 0 Å². The van der Waals surface area contributed by atoms with Crippen molar-refractivity contribution in [2.75, 3.05) is 5.73 Å². The summed E-state index contributed by atoms with van der Waals surface area (Å²) in [7, 11) is 0. The molecule has 0 aliphatic heterocycles. The Morgan fingerprint density at radius 2 is 1.90 bits per heavy atom. The normalized spacial score (nSPS) is 10.8. The molecule has 1 aromatic heterocycles. The molecule has 0 radical (unpaired) electrons. The average molecular weight is 430 g/mol. The number of tetrazole rings is 1. The summed E-state index contributed by atoms with van der Waals surface area (Å²) in [5.41, 5.74) is 7.82. The molecule has 0 aliphatic rings. The summed E-state index contributed by atoms with van der Waals surface area (Å²) >= 11 is 13.2. The zero-order valence-corrected chi connectivity index (χ0v) is 14.4. The Labute approximate surface area is 142 Å². The zero-order chi connectivity index (χ0) is 15.0. The second-order valence-corrected chi connectivity index (χ2v) is 6.43. The molecule has 0 saturated carbocycles. The van der Waals surface area contributed by atoms with Crippen LogP contribution in [0.15, 0.2) is 45.3 Å². The van der Waals surface area contributed by atoms with Crippen LogP contribution in [0.2, 0.25) is 5.02 Å². The number of anilines is 1. The minimum Gasteiger partial charge on any atom is -0.399 e. The first-order valence-corrected chi connectivity index (χ1v) is 7.82. The van der Waals surface area contributed by atoms with Gasteiger partial charge in [-0.15, -0.1) is 5.10 Å². The van der Waals surface area contributed by atoms with E-state index >= 15 is 0 Å². The number of halogens is 3. The van der Waals surface area contributed by atoms with E-state index in [0.717, 1.165) is 14.6 Å². The molecular weight excluding hydrogens is 421 g/mol. The topological polar surface area (TPSA) is 69.6 Å². The summed E-state index contributed by atoms with van der Waals surface area (Å²) in [6.07, 6.45) is 0. The Bertz CT molecular complexity index is 818. The largest absolute Gasteiger partial charge is 0.399 e. The number of nitrogens with zero attached hydrogens (tertiary/aromatic N) is 4. The number of nitrogens with two attached hydrogens (primary N) is 1. The summed E-state index contributed by atoms with van der Waals surface area (Å²) in [5.74, 6) is 0.541. The molecule has 3 rings (SSSR count). The summed E-state index contributed by atoms with van der Waals surface area (Å²) in [5, 5.41) is 12.4. The van der Waals surface area contributed by atoms with Gasteiger partial charge in [-0.05, 0) is 62.8 Å². The molecule has 0 saturated heterocycles. The molecule has 1 heterocycles. The van der Waals surface area contributed by atoms with Gasteiger partial charge < -0.3 is 5.73 Å². The first kappa shape index (κ1) is 14.5. The second-order valence-electron chi connectivity index (χ2n) is 4.25. The third-order valence-corrected chi connectivity index (χ3v) is 4.32. The van der Waals surface area contributed by atoms with Crippen LogP contribution in [0.4, 0.5) is 5.69 Å². The molecule has 5 nitrogen and oxygen atoms in total. The first-order valence-electron chi connectivity index (χ1n) is 5.85. The Hall–Kier alpha value is -1.44. The van der Waals surface area contributed by atoms with Crippen molar-refractivity contribution >= 4 is 49.1 Å². The van der Waals surface area contributed by atoms with Gasteiger partial charge >= 0.3 is 0 Å². The number of benzene rings is 2. The van der Waals surface area contributed by atoms with Gasteiger partial charge in [-0.1, -0.05) is 27.5 Å². The fraction of sp³-hybridized carbons (Fsp3) is 0. The highest BCUT2D eigenvalue weighted by Gasteiger charge is 2.16. The Kier molecular flexibility index (Phi) is 3.97. The molecule has 0 spiro atoms. The van der Waals surface area contributed by atoms with Gasteiger partial charge in [0.05, 0.1) is 10.7 Å². The molecule has 0 amide bonds. The number of aromatic nitrogens is 4. The summed E-state index contributed by atoms with van der Waals surface area (Å²) in [4.78, 5) is 0. The molecule has 0 unspecified atom stereocenters. The predicted molar refractivity (Wildman–Crippen MR) is 89.4 cm³/mol. The van der Waals surface area contributed by atoms with Crippen LogP contribution in [0.1, 0.15) is 0 Å². The quantitative estimate of drug-likeness (QED) is 0.623. The molecule has 2 N–H and O–H groups in total. The van der Waals surface area contributed by atoms with Crippen molar-refractivity contribution < 1.29 is 0 Å². The monoisotopic (exact) mass is 427 g/mol. The zero-order valence-electron chi connectivity index (χ0n) is 10.5. The number of nitrogen functional groups attached to an aromatic ring is 1. The van der Waals surface area contributed by atoms with E-state index in [-0.39, 0.29) is 0 Å². The Morgan fingerprint density at radius 3 is 2.67 bits per heavy atom. The van der Waals surface area contributed by atoms with Gasteiger partial charge in [-0.25, -0.2) is 0 Å². The van der Waals surface area contributed by atoms with E-state index in [4.69, 9.17) is 17.3 Å². The van der Waals surface area contributed by atoms with Gasteiger partial charge in [0.2, 0.25) is 0 Å². The molecule has 0 fully saturated rings. The van der Waals surface area contributed by atoms with Gasteiger partial charge in [0.25, 0.3) is 0 Å². The lowest BCUT2D eigenvalue weighted by atomic mass is 10.2. The van der Waals surface area contributed by atoms with Crippen LogP contribution in [0.5, 0.6) is 0 Å². The van der Waals surface area contributed by atoms with E-state index < -0.39 is 0 Å². The van der Waals surface area contributed by atoms with Crippen LogP contribution in [-0.2, 0) is 0 Å². The van der Waals surface area contributed by atoms with Crippen molar-refractivity contribution in [3.8, 4) is 17.1 Å². The molecule has 0 bridgehead atoms. The third kappa shape index (κ3) is 2.81. The van der Waals surface area contributed by atoms with Crippen molar-refractivity contribution in [1.82, 2.24) is 20.2 Å². The third-order valence-electron chi connectivity index (χ3n) is 2.84. The SMILES string of the molecule is Nc1ccc(-c2nnnn2-c2cc(Br)ccc2Br)c(Cl)c1. The summed E-state index contributed by atoms with van der Waals surface area (Å²) < 4.78 is 3.41. The van der Waals surface area contributed by atoms with Crippen LogP contribution in [-0.4, -0.2) is 20.2 Å². The van der Waals surface area contributed by atoms with Gasteiger partial charge in [0.15, 0.2) is 5.82 Å². The lowest BCUT2D eigenvalue weighted by Crippen LogP contribution is -2.01. The highest BCUT2D eigenvalue weighted by molar-refractivity contribution is 9.11. The maximum atomic E-state index is 6.24. The van der Waals surface area contributed by atoms with E-state index in [2.05, 4.69) is 47.4 Å². The van der Waals surface area contributed by atoms with E-state index in [0.29, 0.717) is 22.1 Å². The average Bonchev–Trinajstić information content (AvgIpc) is 2.90. The molecule has 8 heteroatoms. The smallest absolute Gasteiger partial charge is 0.188 e. The number of hydrogen-bond donors (Lipinski definition) is 1. The van der Waals surface area contributed by atoms with E-state index in [1.165, 1.54) is 0 Å². The fourth-order valence-electron chi connectivity index (χ4n) is 1.88. The molecule has 0 aliphatic carbocycles. The van der Waals surface area contributed by atoms with E-state index in [1.54, 1.807) is 22.9 Å². The number of hydrogen-bond acceptors (Lipinski definition) is 4. The molecule has 21 heavy (non-hydrogen) atoms. The first-order chi connectivity index (χ1) is 10.1. The van der Waals surface area contributed by atoms with Gasteiger partial charge in [-0.3, -0.25) is 0 Å². The van der Waals surface area contributed by atoms with Crippen molar-refractivity contribution in [2.45, 2.75) is 0 Å². The van der Waals surface area contributed by atoms with Crippen molar-refractivity contribution in [3.05, 3.63) is 50.4 Å². The maximum Gasteiger partial charge on any atom is 0.188 e. The minimum atomic E-state index is 0.497. The highest BCUT2D eigenvalue weighted by atomic mass is 79.9. The van der Waals surface area contributed by atoms with Crippen molar-refractivity contribution in [1.29, 1.82) is 0 Å². The van der Waals surface area contributed by atoms with Gasteiger partial charge in [0.1, 0.15) is 0 Å². The molecule has 2 aromatic carbocycles.